The molecule has 26 heavy (non-hydrogen) atoms. The van der Waals surface area contributed by atoms with Gasteiger partial charge in [-0.3, -0.25) is 14.7 Å². The molecule has 0 aromatic carbocycles. The van der Waals surface area contributed by atoms with Gasteiger partial charge < -0.3 is 14.5 Å². The number of furan rings is 1. The number of rotatable bonds is 5. The molecule has 0 aliphatic carbocycles. The molecule has 1 N–H and O–H groups in total. The Kier molecular flexibility index (Phi) is 5.32. The van der Waals surface area contributed by atoms with Crippen molar-refractivity contribution in [3.05, 3.63) is 54.2 Å². The molecule has 0 spiro atoms. The van der Waals surface area contributed by atoms with E-state index < -0.39 is 0 Å². The Bertz CT molecular complexity index is 704. The summed E-state index contributed by atoms with van der Waals surface area (Å²) >= 11 is 0. The van der Waals surface area contributed by atoms with Crippen LogP contribution in [-0.2, 0) is 22.6 Å². The van der Waals surface area contributed by atoms with Gasteiger partial charge >= 0.3 is 0 Å². The second kappa shape index (κ2) is 8.01. The van der Waals surface area contributed by atoms with E-state index in [0.29, 0.717) is 13.2 Å². The van der Waals surface area contributed by atoms with Gasteiger partial charge in [-0.2, -0.15) is 0 Å². The van der Waals surface area contributed by atoms with Gasteiger partial charge in [0.25, 0.3) is 0 Å². The lowest BCUT2D eigenvalue weighted by atomic mass is 9.79. The van der Waals surface area contributed by atoms with Crippen molar-refractivity contribution in [2.75, 3.05) is 19.7 Å². The smallest absolute Gasteiger partial charge is 0.223 e. The molecule has 4 heterocycles. The Morgan fingerprint density at radius 2 is 2.23 bits per heavy atom. The molecule has 0 unspecified atom stereocenters. The molecule has 4 rings (SSSR count). The molecule has 0 radical (unpaired) electrons. The number of ether oxygens (including phenoxy) is 1. The van der Waals surface area contributed by atoms with Crippen LogP contribution in [0.15, 0.2) is 47.2 Å². The first kappa shape index (κ1) is 17.2. The van der Waals surface area contributed by atoms with Gasteiger partial charge in [-0.05, 0) is 37.1 Å². The fourth-order valence-corrected chi connectivity index (χ4v) is 4.09. The number of carbonyl (C=O) groups is 1. The van der Waals surface area contributed by atoms with Crippen LogP contribution >= 0.6 is 0 Å². The number of pyridine rings is 1. The lowest BCUT2D eigenvalue weighted by Gasteiger charge is -2.44. The number of carbonyl (C=O) groups excluding carboxylic acids is 1. The average molecular weight is 355 g/mol. The van der Waals surface area contributed by atoms with Crippen molar-refractivity contribution in [1.29, 1.82) is 0 Å². The maximum absolute atomic E-state index is 12.8. The van der Waals surface area contributed by atoms with Gasteiger partial charge in [0.1, 0.15) is 5.76 Å². The van der Waals surface area contributed by atoms with Crippen LogP contribution in [0, 0.1) is 11.8 Å². The zero-order chi connectivity index (χ0) is 17.8. The highest BCUT2D eigenvalue weighted by atomic mass is 16.5. The summed E-state index contributed by atoms with van der Waals surface area (Å²) in [5, 5.41) is 3.07. The second-order valence-corrected chi connectivity index (χ2v) is 7.11. The van der Waals surface area contributed by atoms with Gasteiger partial charge in [0.15, 0.2) is 0 Å². The minimum atomic E-state index is -0.00290. The summed E-state index contributed by atoms with van der Waals surface area (Å²) < 4.78 is 11.4. The van der Waals surface area contributed by atoms with Crippen molar-refractivity contribution in [3.8, 4) is 0 Å². The molecule has 2 aromatic heterocycles. The zero-order valence-electron chi connectivity index (χ0n) is 14.8. The number of hydrogen-bond acceptors (Lipinski definition) is 5. The largest absolute Gasteiger partial charge is 0.468 e. The highest BCUT2D eigenvalue weighted by molar-refractivity contribution is 5.79. The zero-order valence-corrected chi connectivity index (χ0v) is 14.8. The number of piperidine rings is 1. The maximum Gasteiger partial charge on any atom is 0.223 e. The molecule has 1 amide bonds. The van der Waals surface area contributed by atoms with Gasteiger partial charge in [-0.25, -0.2) is 0 Å². The molecule has 2 aliphatic heterocycles. The number of likely N-dealkylation sites (tertiary alicyclic amines) is 1. The summed E-state index contributed by atoms with van der Waals surface area (Å²) in [6.07, 6.45) is 5.39. The topological polar surface area (TPSA) is 67.6 Å². The number of nitrogens with one attached hydrogen (secondary N) is 1. The lowest BCUT2D eigenvalue weighted by molar-refractivity contribution is -0.142. The molecule has 2 aromatic rings. The fourth-order valence-electron chi connectivity index (χ4n) is 4.09. The molecular weight excluding hydrogens is 330 g/mol. The Morgan fingerprint density at radius 3 is 3.04 bits per heavy atom. The number of amides is 1. The minimum Gasteiger partial charge on any atom is -0.468 e. The summed E-state index contributed by atoms with van der Waals surface area (Å²) in [6, 6.07) is 9.66. The Morgan fingerprint density at radius 1 is 1.27 bits per heavy atom. The third kappa shape index (κ3) is 3.97. The molecule has 3 atom stereocenters. The van der Waals surface area contributed by atoms with Crippen molar-refractivity contribution in [1.82, 2.24) is 15.2 Å². The van der Waals surface area contributed by atoms with E-state index in [2.05, 4.69) is 15.2 Å². The van der Waals surface area contributed by atoms with Crippen LogP contribution in [0.1, 0.15) is 24.3 Å². The van der Waals surface area contributed by atoms with Crippen molar-refractivity contribution < 1.29 is 13.9 Å². The van der Waals surface area contributed by atoms with E-state index in [1.165, 1.54) is 0 Å². The van der Waals surface area contributed by atoms with E-state index >= 15 is 0 Å². The van der Waals surface area contributed by atoms with Crippen LogP contribution < -0.4 is 5.32 Å². The molecule has 6 heteroatoms. The van der Waals surface area contributed by atoms with Gasteiger partial charge in [0, 0.05) is 37.7 Å². The predicted octanol–water partition coefficient (Wildman–Crippen LogP) is 2.22. The lowest BCUT2D eigenvalue weighted by Crippen LogP contribution is -2.53. The van der Waals surface area contributed by atoms with Crippen LogP contribution in [0.25, 0.3) is 0 Å². The van der Waals surface area contributed by atoms with Crippen molar-refractivity contribution in [3.63, 3.8) is 0 Å². The predicted molar refractivity (Wildman–Crippen MR) is 96.0 cm³/mol. The number of hydrogen-bond donors (Lipinski definition) is 1. The maximum atomic E-state index is 12.8. The molecule has 0 bridgehead atoms. The summed E-state index contributed by atoms with van der Waals surface area (Å²) in [4.78, 5) is 19.5. The average Bonchev–Trinajstić information content (AvgIpc) is 3.19. The van der Waals surface area contributed by atoms with Gasteiger partial charge in [-0.15, -0.1) is 0 Å². The second-order valence-electron chi connectivity index (χ2n) is 7.11. The van der Waals surface area contributed by atoms with Crippen molar-refractivity contribution in [2.24, 2.45) is 11.8 Å². The van der Waals surface area contributed by atoms with Crippen LogP contribution in [0.3, 0.4) is 0 Å². The first-order valence-corrected chi connectivity index (χ1v) is 9.33. The number of nitrogens with zero attached hydrogens (tertiary/aromatic N) is 2. The molecule has 2 aliphatic rings. The van der Waals surface area contributed by atoms with E-state index in [9.17, 15) is 4.79 Å². The highest BCUT2D eigenvalue weighted by Crippen LogP contribution is 2.33. The Labute approximate surface area is 153 Å². The fraction of sp³-hybridized carbons (Fsp3) is 0.500. The Hall–Kier alpha value is -2.18. The SMILES string of the molecule is O=C(NCc1ccccn1)[C@@H]1CCO[C@@H]2CCN(Cc3ccco3)C[C@@H]21. The standard InChI is InChI=1S/C20H25N3O3/c24-20(22-12-15-4-1-2-8-21-15)17-7-11-26-19-6-9-23(14-18(17)19)13-16-5-3-10-25-16/h1-5,8,10,17-19H,6-7,9,11-14H2,(H,22,24)/t17-,18-,19-/m1/s1. The molecule has 0 saturated carbocycles. The van der Waals surface area contributed by atoms with E-state index in [1.807, 2.05) is 30.3 Å². The van der Waals surface area contributed by atoms with E-state index in [0.717, 1.165) is 43.9 Å². The minimum absolute atomic E-state index is 0.00290. The first-order valence-electron chi connectivity index (χ1n) is 9.33. The summed E-state index contributed by atoms with van der Waals surface area (Å²) in [5.74, 6) is 1.32. The van der Waals surface area contributed by atoms with Crippen LogP contribution in [0.5, 0.6) is 0 Å². The van der Waals surface area contributed by atoms with Crippen LogP contribution in [-0.4, -0.2) is 41.6 Å². The molecule has 2 fully saturated rings. The quantitative estimate of drug-likeness (QED) is 0.891. The van der Waals surface area contributed by atoms with Crippen LogP contribution in [0.2, 0.25) is 0 Å². The molecule has 6 nitrogen and oxygen atoms in total. The third-order valence-electron chi connectivity index (χ3n) is 5.42. The molecule has 138 valence electrons. The third-order valence-corrected chi connectivity index (χ3v) is 5.42. The van der Waals surface area contributed by atoms with E-state index in [-0.39, 0.29) is 23.8 Å². The summed E-state index contributed by atoms with van der Waals surface area (Å²) in [5.41, 5.74) is 0.882. The van der Waals surface area contributed by atoms with Gasteiger partial charge in [0.2, 0.25) is 5.91 Å². The number of aromatic nitrogens is 1. The monoisotopic (exact) mass is 355 g/mol. The normalized spacial score (nSPS) is 26.2. The van der Waals surface area contributed by atoms with E-state index in [1.54, 1.807) is 12.5 Å². The van der Waals surface area contributed by atoms with Crippen molar-refractivity contribution in [2.45, 2.75) is 32.0 Å². The Balaban J connectivity index is 1.37. The number of fused-ring (bicyclic) bond motifs is 1. The molecule has 2 saturated heterocycles. The summed E-state index contributed by atoms with van der Waals surface area (Å²) in [6.45, 7) is 3.78. The highest BCUT2D eigenvalue weighted by Gasteiger charge is 2.41. The van der Waals surface area contributed by atoms with Crippen molar-refractivity contribution >= 4 is 5.91 Å². The molecular formula is C20H25N3O3. The summed E-state index contributed by atoms with van der Waals surface area (Å²) in [7, 11) is 0. The van der Waals surface area contributed by atoms with Gasteiger partial charge in [-0.1, -0.05) is 6.07 Å². The van der Waals surface area contributed by atoms with Gasteiger partial charge in [0.05, 0.1) is 31.2 Å². The first-order chi connectivity index (χ1) is 12.8. The van der Waals surface area contributed by atoms with E-state index in [4.69, 9.17) is 9.15 Å². The van der Waals surface area contributed by atoms with Crippen LogP contribution in [0.4, 0.5) is 0 Å².